The number of nitrogens with one attached hydrogen (secondary N) is 1. The molecule has 2 nitrogen and oxygen atoms in total. The van der Waals surface area contributed by atoms with Gasteiger partial charge in [0.05, 0.1) is 6.54 Å². The van der Waals surface area contributed by atoms with Gasteiger partial charge in [0.1, 0.15) is 0 Å². The minimum atomic E-state index is 0.146. The fourth-order valence-electron chi connectivity index (χ4n) is 1.21. The number of hydrogen-bond donors (Lipinski definition) is 1. The summed E-state index contributed by atoms with van der Waals surface area (Å²) in [6, 6.07) is 2.08. The molecule has 78 valence electrons. The van der Waals surface area contributed by atoms with Crippen LogP contribution < -0.4 is 5.32 Å². The first-order valence-electron chi connectivity index (χ1n) is 4.89. The van der Waals surface area contributed by atoms with E-state index in [4.69, 9.17) is 0 Å². The number of carbonyl (C=O) groups is 1. The van der Waals surface area contributed by atoms with Gasteiger partial charge >= 0.3 is 0 Å². The van der Waals surface area contributed by atoms with E-state index < -0.39 is 0 Å². The molecule has 0 saturated heterocycles. The van der Waals surface area contributed by atoms with E-state index in [-0.39, 0.29) is 5.91 Å². The molecule has 0 saturated carbocycles. The van der Waals surface area contributed by atoms with E-state index in [0.29, 0.717) is 18.9 Å². The van der Waals surface area contributed by atoms with Crippen molar-refractivity contribution in [3.05, 3.63) is 21.9 Å². The molecule has 1 aromatic heterocycles. The maximum absolute atomic E-state index is 11.4. The molecule has 0 atom stereocenters. The molecule has 0 aliphatic heterocycles. The van der Waals surface area contributed by atoms with Crippen LogP contribution in [-0.4, -0.2) is 5.91 Å². The molecule has 14 heavy (non-hydrogen) atoms. The molecule has 0 bridgehead atoms. The van der Waals surface area contributed by atoms with Gasteiger partial charge in [0.2, 0.25) is 5.91 Å². The van der Waals surface area contributed by atoms with Crippen LogP contribution in [-0.2, 0) is 11.3 Å². The fraction of sp³-hybridized carbons (Fsp3) is 0.545. The van der Waals surface area contributed by atoms with Gasteiger partial charge in [0.15, 0.2) is 0 Å². The van der Waals surface area contributed by atoms with Gasteiger partial charge in [0.25, 0.3) is 0 Å². The van der Waals surface area contributed by atoms with E-state index in [1.165, 1.54) is 10.4 Å². The second-order valence-electron chi connectivity index (χ2n) is 3.90. The standard InChI is InChI=1S/C11H17NOS/c1-8(2)6-11(13)12-7-10-9(3)4-5-14-10/h4-5,8H,6-7H2,1-3H3,(H,12,13). The second kappa shape index (κ2) is 5.15. The molecule has 1 rings (SSSR count). The van der Waals surface area contributed by atoms with Gasteiger partial charge in [-0.15, -0.1) is 11.3 Å². The van der Waals surface area contributed by atoms with Crippen molar-refractivity contribution in [2.45, 2.75) is 33.7 Å². The maximum Gasteiger partial charge on any atom is 0.220 e. The van der Waals surface area contributed by atoms with E-state index in [9.17, 15) is 4.79 Å². The quantitative estimate of drug-likeness (QED) is 0.815. The molecule has 0 fully saturated rings. The van der Waals surface area contributed by atoms with Gasteiger partial charge in [-0.05, 0) is 29.9 Å². The summed E-state index contributed by atoms with van der Waals surface area (Å²) in [5, 5.41) is 4.98. The monoisotopic (exact) mass is 211 g/mol. The Hall–Kier alpha value is -0.830. The molecule has 3 heteroatoms. The Morgan fingerprint density at radius 3 is 2.79 bits per heavy atom. The summed E-state index contributed by atoms with van der Waals surface area (Å²) < 4.78 is 0. The van der Waals surface area contributed by atoms with Crippen molar-refractivity contribution < 1.29 is 4.79 Å². The van der Waals surface area contributed by atoms with Gasteiger partial charge in [-0.3, -0.25) is 4.79 Å². The molecule has 1 N–H and O–H groups in total. The van der Waals surface area contributed by atoms with E-state index in [1.54, 1.807) is 11.3 Å². The zero-order chi connectivity index (χ0) is 10.6. The number of thiophene rings is 1. The van der Waals surface area contributed by atoms with Crippen molar-refractivity contribution in [3.8, 4) is 0 Å². The van der Waals surface area contributed by atoms with Gasteiger partial charge in [-0.2, -0.15) is 0 Å². The van der Waals surface area contributed by atoms with Crippen LogP contribution in [0.2, 0.25) is 0 Å². The highest BCUT2D eigenvalue weighted by Gasteiger charge is 2.05. The van der Waals surface area contributed by atoms with Crippen molar-refractivity contribution in [2.75, 3.05) is 0 Å². The number of aryl methyl sites for hydroxylation is 1. The molecule has 1 aromatic rings. The molecular formula is C11H17NOS. The zero-order valence-electron chi connectivity index (χ0n) is 8.96. The third-order valence-electron chi connectivity index (χ3n) is 2.01. The summed E-state index contributed by atoms with van der Waals surface area (Å²) in [5.41, 5.74) is 1.26. The Labute approximate surface area is 89.3 Å². The van der Waals surface area contributed by atoms with Crippen LogP contribution in [0.15, 0.2) is 11.4 Å². The Kier molecular flexibility index (Phi) is 4.14. The van der Waals surface area contributed by atoms with Gasteiger partial charge in [-0.25, -0.2) is 0 Å². The summed E-state index contributed by atoms with van der Waals surface area (Å²) in [6.45, 7) is 6.85. The lowest BCUT2D eigenvalue weighted by Crippen LogP contribution is -2.23. The van der Waals surface area contributed by atoms with E-state index in [0.717, 1.165) is 0 Å². The normalized spacial score (nSPS) is 10.6. The molecule has 1 amide bonds. The van der Waals surface area contributed by atoms with Crippen LogP contribution in [0, 0.1) is 12.8 Å². The Bertz CT molecular complexity index is 304. The Morgan fingerprint density at radius 2 is 2.29 bits per heavy atom. The predicted molar refractivity (Wildman–Crippen MR) is 60.4 cm³/mol. The van der Waals surface area contributed by atoms with E-state index >= 15 is 0 Å². The lowest BCUT2D eigenvalue weighted by molar-refractivity contribution is -0.121. The summed E-state index contributed by atoms with van der Waals surface area (Å²) in [4.78, 5) is 12.6. The summed E-state index contributed by atoms with van der Waals surface area (Å²) >= 11 is 1.70. The number of rotatable bonds is 4. The van der Waals surface area contributed by atoms with Crippen molar-refractivity contribution in [1.29, 1.82) is 0 Å². The summed E-state index contributed by atoms with van der Waals surface area (Å²) in [5.74, 6) is 0.576. The zero-order valence-corrected chi connectivity index (χ0v) is 9.78. The van der Waals surface area contributed by atoms with Gasteiger partial charge in [-0.1, -0.05) is 13.8 Å². The highest BCUT2D eigenvalue weighted by atomic mass is 32.1. The minimum Gasteiger partial charge on any atom is -0.351 e. The van der Waals surface area contributed by atoms with E-state index in [2.05, 4.69) is 37.5 Å². The lowest BCUT2D eigenvalue weighted by Gasteiger charge is -2.06. The maximum atomic E-state index is 11.4. The molecule has 0 radical (unpaired) electrons. The fourth-order valence-corrected chi connectivity index (χ4v) is 2.05. The summed E-state index contributed by atoms with van der Waals surface area (Å²) in [7, 11) is 0. The van der Waals surface area contributed by atoms with Crippen molar-refractivity contribution in [1.82, 2.24) is 5.32 Å². The first-order chi connectivity index (χ1) is 6.59. The summed E-state index contributed by atoms with van der Waals surface area (Å²) in [6.07, 6.45) is 0.615. The smallest absolute Gasteiger partial charge is 0.220 e. The first-order valence-corrected chi connectivity index (χ1v) is 5.77. The van der Waals surface area contributed by atoms with Gasteiger partial charge in [0, 0.05) is 11.3 Å². The number of hydrogen-bond acceptors (Lipinski definition) is 2. The molecule has 1 heterocycles. The van der Waals surface area contributed by atoms with Crippen LogP contribution in [0.3, 0.4) is 0 Å². The first kappa shape index (κ1) is 11.2. The Morgan fingerprint density at radius 1 is 1.57 bits per heavy atom. The molecule has 0 unspecified atom stereocenters. The highest BCUT2D eigenvalue weighted by Crippen LogP contribution is 2.14. The third-order valence-corrected chi connectivity index (χ3v) is 3.03. The SMILES string of the molecule is Cc1ccsc1CNC(=O)CC(C)C. The Balaban J connectivity index is 2.34. The lowest BCUT2D eigenvalue weighted by atomic mass is 10.1. The number of carbonyl (C=O) groups excluding carboxylic acids is 1. The third kappa shape index (κ3) is 3.50. The van der Waals surface area contributed by atoms with Gasteiger partial charge < -0.3 is 5.32 Å². The predicted octanol–water partition coefficient (Wildman–Crippen LogP) is 2.72. The van der Waals surface area contributed by atoms with Crippen molar-refractivity contribution >= 4 is 17.2 Å². The molecule has 0 aliphatic rings. The minimum absolute atomic E-state index is 0.146. The van der Waals surface area contributed by atoms with E-state index in [1.807, 2.05) is 0 Å². The number of amides is 1. The molecule has 0 aromatic carbocycles. The average molecular weight is 211 g/mol. The topological polar surface area (TPSA) is 29.1 Å². The molecule has 0 spiro atoms. The largest absolute Gasteiger partial charge is 0.351 e. The van der Waals surface area contributed by atoms with Crippen LogP contribution in [0.1, 0.15) is 30.7 Å². The van der Waals surface area contributed by atoms with Crippen LogP contribution >= 0.6 is 11.3 Å². The van der Waals surface area contributed by atoms with Crippen LogP contribution in [0.25, 0.3) is 0 Å². The van der Waals surface area contributed by atoms with Crippen molar-refractivity contribution in [2.24, 2.45) is 5.92 Å². The molecular weight excluding hydrogens is 194 g/mol. The average Bonchev–Trinajstić information content (AvgIpc) is 2.46. The van der Waals surface area contributed by atoms with Crippen LogP contribution in [0.5, 0.6) is 0 Å². The highest BCUT2D eigenvalue weighted by molar-refractivity contribution is 7.10. The van der Waals surface area contributed by atoms with Crippen LogP contribution in [0.4, 0.5) is 0 Å². The molecule has 0 aliphatic carbocycles. The second-order valence-corrected chi connectivity index (χ2v) is 4.90. The van der Waals surface area contributed by atoms with Crippen molar-refractivity contribution in [3.63, 3.8) is 0 Å².